The third kappa shape index (κ3) is 4.58. The molecule has 0 unspecified atom stereocenters. The predicted octanol–water partition coefficient (Wildman–Crippen LogP) is 5.59. The molecule has 1 aliphatic heterocycles. The molecule has 0 radical (unpaired) electrons. The Kier molecular flexibility index (Phi) is 6.11. The molecular formula is C26H21N3O2S. The summed E-state index contributed by atoms with van der Waals surface area (Å²) in [6.07, 6.45) is 1.88. The second kappa shape index (κ2) is 9.13. The van der Waals surface area contributed by atoms with Gasteiger partial charge < -0.3 is 10.2 Å². The first-order chi connectivity index (χ1) is 15.4. The van der Waals surface area contributed by atoms with Gasteiger partial charge in [-0.05, 0) is 42.3 Å². The van der Waals surface area contributed by atoms with Gasteiger partial charge in [-0.1, -0.05) is 65.9 Å². The minimum absolute atomic E-state index is 0.0665. The fourth-order valence-corrected chi connectivity index (χ4v) is 4.48. The fourth-order valence-electron chi connectivity index (χ4n) is 3.33. The molecule has 0 bridgehead atoms. The summed E-state index contributed by atoms with van der Waals surface area (Å²) in [7, 11) is 1.75. The Hall–Kier alpha value is -3.82. The van der Waals surface area contributed by atoms with Gasteiger partial charge in [0.05, 0.1) is 17.2 Å². The van der Waals surface area contributed by atoms with Crippen LogP contribution >= 0.6 is 11.8 Å². The van der Waals surface area contributed by atoms with Crippen molar-refractivity contribution in [3.05, 3.63) is 105 Å². The second-order valence-electron chi connectivity index (χ2n) is 7.53. The Morgan fingerprint density at radius 2 is 1.81 bits per heavy atom. The average molecular weight is 440 g/mol. The highest BCUT2D eigenvalue weighted by Gasteiger charge is 2.27. The molecule has 0 saturated carbocycles. The Morgan fingerprint density at radius 3 is 2.50 bits per heavy atom. The molecule has 0 aliphatic carbocycles. The summed E-state index contributed by atoms with van der Waals surface area (Å²) < 4.78 is 0. The van der Waals surface area contributed by atoms with E-state index in [1.54, 1.807) is 30.1 Å². The van der Waals surface area contributed by atoms with Crippen LogP contribution in [0, 0.1) is 13.5 Å². The predicted molar refractivity (Wildman–Crippen MR) is 129 cm³/mol. The number of hydrogen-bond acceptors (Lipinski definition) is 3. The number of carbonyl (C=O) groups excluding carboxylic acids is 2. The molecule has 4 rings (SSSR count). The van der Waals surface area contributed by atoms with E-state index in [2.05, 4.69) is 10.2 Å². The van der Waals surface area contributed by atoms with Gasteiger partial charge in [-0.25, -0.2) is 4.85 Å². The van der Waals surface area contributed by atoms with Crippen LogP contribution in [0.15, 0.2) is 76.5 Å². The number of fused-ring (bicyclic) bond motifs is 1. The first kappa shape index (κ1) is 21.4. The van der Waals surface area contributed by atoms with Gasteiger partial charge in [-0.15, -0.1) is 0 Å². The summed E-state index contributed by atoms with van der Waals surface area (Å²) in [5.74, 6) is -0.255. The SMILES string of the molecule is [C-]#[N+]c1ccc(CNC(=O)c2ccc3c(c2)SC(=Cc2ccc(C)cc2)C(=O)N3C)cc1. The standard InChI is InChI=1S/C26H21N3O2S/c1-17-4-6-18(7-5-17)14-24-26(31)29(3)22-13-10-20(15-23(22)32-24)25(30)28-16-19-8-11-21(27-2)12-9-19/h4-15H,16H2,1,3H3,(H,28,30). The Morgan fingerprint density at radius 1 is 1.09 bits per heavy atom. The molecule has 0 aromatic heterocycles. The molecule has 1 heterocycles. The summed E-state index contributed by atoms with van der Waals surface area (Å²) in [5, 5.41) is 2.91. The third-order valence-corrected chi connectivity index (χ3v) is 6.27. The molecular weight excluding hydrogens is 418 g/mol. The van der Waals surface area contributed by atoms with Crippen LogP contribution in [-0.4, -0.2) is 18.9 Å². The fraction of sp³-hybridized carbons (Fsp3) is 0.115. The molecule has 6 heteroatoms. The van der Waals surface area contributed by atoms with Crippen LogP contribution in [-0.2, 0) is 11.3 Å². The highest BCUT2D eigenvalue weighted by molar-refractivity contribution is 8.04. The topological polar surface area (TPSA) is 53.8 Å². The van der Waals surface area contributed by atoms with Gasteiger partial charge in [0.25, 0.3) is 11.8 Å². The number of benzene rings is 3. The van der Waals surface area contributed by atoms with Crippen LogP contribution in [0.3, 0.4) is 0 Å². The molecule has 0 saturated heterocycles. The highest BCUT2D eigenvalue weighted by atomic mass is 32.2. The third-order valence-electron chi connectivity index (χ3n) is 5.21. The Bertz CT molecular complexity index is 1260. The number of hydrogen-bond donors (Lipinski definition) is 1. The number of likely N-dealkylation sites (N-methyl/N-ethyl adjacent to an activating group) is 1. The van der Waals surface area contributed by atoms with Crippen molar-refractivity contribution < 1.29 is 9.59 Å². The maximum atomic E-state index is 12.8. The quantitative estimate of drug-likeness (QED) is 0.426. The molecule has 3 aromatic rings. The van der Waals surface area contributed by atoms with Crippen molar-refractivity contribution in [2.75, 3.05) is 11.9 Å². The lowest BCUT2D eigenvalue weighted by Gasteiger charge is -2.27. The zero-order chi connectivity index (χ0) is 22.7. The lowest BCUT2D eigenvalue weighted by Crippen LogP contribution is -2.30. The van der Waals surface area contributed by atoms with Gasteiger partial charge >= 0.3 is 0 Å². The molecule has 2 amide bonds. The summed E-state index contributed by atoms with van der Waals surface area (Å²) in [6, 6.07) is 20.5. The molecule has 1 N–H and O–H groups in total. The van der Waals surface area contributed by atoms with E-state index in [-0.39, 0.29) is 11.8 Å². The lowest BCUT2D eigenvalue weighted by atomic mass is 10.1. The van der Waals surface area contributed by atoms with E-state index in [1.165, 1.54) is 11.8 Å². The smallest absolute Gasteiger partial charge is 0.264 e. The van der Waals surface area contributed by atoms with Crippen molar-refractivity contribution in [2.45, 2.75) is 18.4 Å². The van der Waals surface area contributed by atoms with Crippen LogP contribution in [0.25, 0.3) is 10.9 Å². The van der Waals surface area contributed by atoms with Crippen molar-refractivity contribution in [1.29, 1.82) is 0 Å². The normalized spacial score (nSPS) is 14.1. The van der Waals surface area contributed by atoms with Crippen molar-refractivity contribution in [2.24, 2.45) is 0 Å². The maximum Gasteiger partial charge on any atom is 0.264 e. The molecule has 3 aromatic carbocycles. The summed E-state index contributed by atoms with van der Waals surface area (Å²) in [5.41, 5.74) is 4.93. The maximum absolute atomic E-state index is 12.8. The van der Waals surface area contributed by atoms with Gasteiger partial charge in [-0.2, -0.15) is 0 Å². The number of amides is 2. The monoisotopic (exact) mass is 439 g/mol. The average Bonchev–Trinajstić information content (AvgIpc) is 2.82. The number of aryl methyl sites for hydroxylation is 1. The molecule has 0 fully saturated rings. The van der Waals surface area contributed by atoms with E-state index in [9.17, 15) is 9.59 Å². The van der Waals surface area contributed by atoms with Gasteiger partial charge in [0.15, 0.2) is 5.69 Å². The van der Waals surface area contributed by atoms with Gasteiger partial charge in [0.1, 0.15) is 0 Å². The summed E-state index contributed by atoms with van der Waals surface area (Å²) in [6.45, 7) is 9.41. The van der Waals surface area contributed by atoms with E-state index in [1.807, 2.05) is 61.5 Å². The largest absolute Gasteiger partial charge is 0.348 e. The van der Waals surface area contributed by atoms with E-state index < -0.39 is 0 Å². The minimum atomic E-state index is -0.189. The number of nitrogens with zero attached hydrogens (tertiary/aromatic N) is 2. The Balaban J connectivity index is 1.53. The second-order valence-corrected chi connectivity index (χ2v) is 8.61. The number of thioether (sulfide) groups is 1. The van der Waals surface area contributed by atoms with Crippen molar-refractivity contribution in [1.82, 2.24) is 5.32 Å². The molecule has 5 nitrogen and oxygen atoms in total. The van der Waals surface area contributed by atoms with Gasteiger partial charge in [-0.3, -0.25) is 9.59 Å². The zero-order valence-electron chi connectivity index (χ0n) is 17.8. The first-order valence-electron chi connectivity index (χ1n) is 10.1. The Labute approximate surface area is 191 Å². The van der Waals surface area contributed by atoms with E-state index in [0.717, 1.165) is 27.3 Å². The van der Waals surface area contributed by atoms with E-state index in [4.69, 9.17) is 6.57 Å². The number of nitrogens with one attached hydrogen (secondary N) is 1. The zero-order valence-corrected chi connectivity index (χ0v) is 18.6. The van der Waals surface area contributed by atoms with Crippen LogP contribution in [0.2, 0.25) is 0 Å². The molecule has 0 spiro atoms. The summed E-state index contributed by atoms with van der Waals surface area (Å²) in [4.78, 5) is 32.0. The first-order valence-corrected chi connectivity index (χ1v) is 10.9. The van der Waals surface area contributed by atoms with Gasteiger partial charge in [0.2, 0.25) is 0 Å². The van der Waals surface area contributed by atoms with Crippen molar-refractivity contribution >= 4 is 41.0 Å². The van der Waals surface area contributed by atoms with Crippen molar-refractivity contribution in [3.8, 4) is 0 Å². The van der Waals surface area contributed by atoms with E-state index >= 15 is 0 Å². The minimum Gasteiger partial charge on any atom is -0.348 e. The number of anilines is 1. The number of carbonyl (C=O) groups is 2. The summed E-state index contributed by atoms with van der Waals surface area (Å²) >= 11 is 1.38. The van der Waals surface area contributed by atoms with Crippen LogP contribution in [0.5, 0.6) is 0 Å². The molecule has 158 valence electrons. The van der Waals surface area contributed by atoms with Crippen LogP contribution in [0.4, 0.5) is 11.4 Å². The molecule has 0 atom stereocenters. The number of rotatable bonds is 4. The van der Waals surface area contributed by atoms with Crippen LogP contribution in [0.1, 0.15) is 27.0 Å². The molecule has 1 aliphatic rings. The van der Waals surface area contributed by atoms with Crippen molar-refractivity contribution in [3.63, 3.8) is 0 Å². The van der Waals surface area contributed by atoms with Gasteiger partial charge in [0, 0.05) is 24.1 Å². The lowest BCUT2D eigenvalue weighted by molar-refractivity contribution is -0.114. The van der Waals surface area contributed by atoms with E-state index in [0.29, 0.717) is 22.7 Å². The van der Waals surface area contributed by atoms with Crippen LogP contribution < -0.4 is 10.2 Å². The highest BCUT2D eigenvalue weighted by Crippen LogP contribution is 2.42. The molecule has 32 heavy (non-hydrogen) atoms.